The van der Waals surface area contributed by atoms with Crippen LogP contribution in [0, 0.1) is 0 Å². The maximum absolute atomic E-state index is 5.46. The number of aromatic amines is 2. The standard InChI is InChI=1S/C19H18N4O3/c1-24-11-5-7-14-16(8-11)21-19(20-14)17-10-15(22-23-17)13-6-4-12(25-2)9-18(13)26-3/h4-10H,1-3H3,(H,20,21)(H,22,23). The second-order valence-electron chi connectivity index (χ2n) is 5.70. The second kappa shape index (κ2) is 6.44. The van der Waals surface area contributed by atoms with Crippen molar-refractivity contribution in [2.75, 3.05) is 21.3 Å². The molecular formula is C19H18N4O3. The summed E-state index contributed by atoms with van der Waals surface area (Å²) in [4.78, 5) is 7.90. The van der Waals surface area contributed by atoms with Crippen molar-refractivity contribution in [1.82, 2.24) is 20.2 Å². The number of nitrogens with one attached hydrogen (secondary N) is 2. The molecule has 4 aromatic rings. The molecular weight excluding hydrogens is 332 g/mol. The zero-order chi connectivity index (χ0) is 18.1. The van der Waals surface area contributed by atoms with E-state index in [0.29, 0.717) is 11.6 Å². The van der Waals surface area contributed by atoms with Gasteiger partial charge in [-0.2, -0.15) is 5.10 Å². The molecule has 0 aliphatic rings. The highest BCUT2D eigenvalue weighted by molar-refractivity contribution is 5.81. The number of rotatable bonds is 5. The quantitative estimate of drug-likeness (QED) is 0.574. The fourth-order valence-electron chi connectivity index (χ4n) is 2.83. The van der Waals surface area contributed by atoms with Crippen LogP contribution in [0.5, 0.6) is 17.2 Å². The van der Waals surface area contributed by atoms with Crippen LogP contribution in [0.1, 0.15) is 0 Å². The molecule has 0 saturated heterocycles. The van der Waals surface area contributed by atoms with E-state index in [0.717, 1.165) is 39.5 Å². The normalized spacial score (nSPS) is 10.9. The molecule has 4 rings (SSSR count). The number of methoxy groups -OCH3 is 3. The fourth-order valence-corrected chi connectivity index (χ4v) is 2.83. The third kappa shape index (κ3) is 2.73. The van der Waals surface area contributed by atoms with Crippen molar-refractivity contribution in [3.8, 4) is 40.0 Å². The zero-order valence-corrected chi connectivity index (χ0v) is 14.7. The Kier molecular flexibility index (Phi) is 3.96. The number of ether oxygens (including phenoxy) is 3. The average molecular weight is 350 g/mol. The van der Waals surface area contributed by atoms with E-state index in [1.807, 2.05) is 42.5 Å². The van der Waals surface area contributed by atoms with Crippen molar-refractivity contribution in [3.63, 3.8) is 0 Å². The molecule has 7 nitrogen and oxygen atoms in total. The van der Waals surface area contributed by atoms with Crippen LogP contribution in [-0.2, 0) is 0 Å². The zero-order valence-electron chi connectivity index (χ0n) is 14.7. The molecule has 7 heteroatoms. The number of aromatic nitrogens is 4. The van der Waals surface area contributed by atoms with Gasteiger partial charge in [-0.25, -0.2) is 4.98 Å². The van der Waals surface area contributed by atoms with Crippen molar-refractivity contribution in [2.24, 2.45) is 0 Å². The van der Waals surface area contributed by atoms with Crippen LogP contribution in [0.25, 0.3) is 33.8 Å². The maximum atomic E-state index is 5.46. The van der Waals surface area contributed by atoms with Crippen LogP contribution in [0.15, 0.2) is 42.5 Å². The molecule has 2 heterocycles. The summed E-state index contributed by atoms with van der Waals surface area (Å²) in [6.07, 6.45) is 0. The molecule has 0 fully saturated rings. The van der Waals surface area contributed by atoms with Gasteiger partial charge >= 0.3 is 0 Å². The van der Waals surface area contributed by atoms with Crippen LogP contribution >= 0.6 is 0 Å². The van der Waals surface area contributed by atoms with Gasteiger partial charge in [0.2, 0.25) is 0 Å². The lowest BCUT2D eigenvalue weighted by Crippen LogP contribution is -1.90. The number of benzene rings is 2. The van der Waals surface area contributed by atoms with E-state index < -0.39 is 0 Å². The fraction of sp³-hybridized carbons (Fsp3) is 0.158. The molecule has 0 bridgehead atoms. The number of H-pyrrole nitrogens is 2. The van der Waals surface area contributed by atoms with E-state index in [4.69, 9.17) is 14.2 Å². The van der Waals surface area contributed by atoms with Crippen molar-refractivity contribution >= 4 is 11.0 Å². The molecule has 0 radical (unpaired) electrons. The van der Waals surface area contributed by atoms with Gasteiger partial charge in [-0.1, -0.05) is 0 Å². The number of nitrogens with zero attached hydrogens (tertiary/aromatic N) is 2. The second-order valence-corrected chi connectivity index (χ2v) is 5.70. The highest BCUT2D eigenvalue weighted by atomic mass is 16.5. The van der Waals surface area contributed by atoms with Gasteiger partial charge in [0.1, 0.15) is 22.9 Å². The molecule has 0 amide bonds. The van der Waals surface area contributed by atoms with Gasteiger partial charge in [-0.3, -0.25) is 5.10 Å². The average Bonchev–Trinajstić information content (AvgIpc) is 3.33. The van der Waals surface area contributed by atoms with Gasteiger partial charge in [-0.05, 0) is 30.3 Å². The van der Waals surface area contributed by atoms with E-state index in [1.165, 1.54) is 0 Å². The highest BCUT2D eigenvalue weighted by Gasteiger charge is 2.14. The van der Waals surface area contributed by atoms with E-state index >= 15 is 0 Å². The van der Waals surface area contributed by atoms with Crippen LogP contribution in [0.4, 0.5) is 0 Å². The van der Waals surface area contributed by atoms with E-state index in [-0.39, 0.29) is 0 Å². The number of fused-ring (bicyclic) bond motifs is 1. The summed E-state index contributed by atoms with van der Waals surface area (Å²) in [7, 11) is 4.88. The molecule has 0 aliphatic heterocycles. The minimum absolute atomic E-state index is 0.691. The van der Waals surface area contributed by atoms with Gasteiger partial charge < -0.3 is 19.2 Å². The van der Waals surface area contributed by atoms with Crippen LogP contribution in [0.2, 0.25) is 0 Å². The molecule has 0 unspecified atom stereocenters. The molecule has 0 spiro atoms. The van der Waals surface area contributed by atoms with Crippen LogP contribution in [0.3, 0.4) is 0 Å². The molecule has 0 atom stereocenters. The number of imidazole rings is 1. The Morgan fingerprint density at radius 1 is 0.846 bits per heavy atom. The van der Waals surface area contributed by atoms with E-state index in [2.05, 4.69) is 20.2 Å². The third-order valence-corrected chi connectivity index (χ3v) is 4.21. The van der Waals surface area contributed by atoms with Gasteiger partial charge in [0, 0.05) is 17.7 Å². The third-order valence-electron chi connectivity index (χ3n) is 4.21. The van der Waals surface area contributed by atoms with Crippen molar-refractivity contribution in [1.29, 1.82) is 0 Å². The maximum Gasteiger partial charge on any atom is 0.156 e. The first kappa shape index (κ1) is 16.0. The monoisotopic (exact) mass is 350 g/mol. The number of hydrogen-bond donors (Lipinski definition) is 2. The summed E-state index contributed by atoms with van der Waals surface area (Å²) < 4.78 is 15.9. The SMILES string of the molecule is COc1ccc(-c2cc(-c3nc4cc(OC)ccc4[nH]3)[nH]n2)c(OC)c1. The molecule has 2 aromatic heterocycles. The summed E-state index contributed by atoms with van der Waals surface area (Å²) in [6.45, 7) is 0. The summed E-state index contributed by atoms with van der Waals surface area (Å²) in [5.74, 6) is 2.90. The van der Waals surface area contributed by atoms with Gasteiger partial charge in [0.05, 0.1) is 38.1 Å². The smallest absolute Gasteiger partial charge is 0.156 e. The molecule has 26 heavy (non-hydrogen) atoms. The Morgan fingerprint density at radius 3 is 2.38 bits per heavy atom. The Balaban J connectivity index is 1.72. The van der Waals surface area contributed by atoms with Crippen molar-refractivity contribution in [2.45, 2.75) is 0 Å². The summed E-state index contributed by atoms with van der Waals surface area (Å²) in [5.41, 5.74) is 4.18. The Bertz CT molecular complexity index is 1070. The topological polar surface area (TPSA) is 85.0 Å². The lowest BCUT2D eigenvalue weighted by molar-refractivity contribution is 0.395. The molecule has 2 aromatic carbocycles. The van der Waals surface area contributed by atoms with Crippen molar-refractivity contribution in [3.05, 3.63) is 42.5 Å². The van der Waals surface area contributed by atoms with Gasteiger partial charge in [0.25, 0.3) is 0 Å². The molecule has 0 saturated carbocycles. The summed E-state index contributed by atoms with van der Waals surface area (Å²) in [6, 6.07) is 13.3. The predicted molar refractivity (Wildman–Crippen MR) is 98.8 cm³/mol. The predicted octanol–water partition coefficient (Wildman–Crippen LogP) is 3.65. The first-order valence-corrected chi connectivity index (χ1v) is 8.03. The Labute approximate surface area is 149 Å². The Hall–Kier alpha value is -3.48. The lowest BCUT2D eigenvalue weighted by atomic mass is 10.1. The first-order chi connectivity index (χ1) is 12.7. The van der Waals surface area contributed by atoms with Crippen LogP contribution in [-0.4, -0.2) is 41.5 Å². The minimum atomic E-state index is 0.691. The largest absolute Gasteiger partial charge is 0.497 e. The minimum Gasteiger partial charge on any atom is -0.497 e. The van der Waals surface area contributed by atoms with Crippen LogP contribution < -0.4 is 14.2 Å². The summed E-state index contributed by atoms with van der Waals surface area (Å²) >= 11 is 0. The van der Waals surface area contributed by atoms with E-state index in [1.54, 1.807) is 21.3 Å². The van der Waals surface area contributed by atoms with Gasteiger partial charge in [0.15, 0.2) is 5.82 Å². The molecule has 132 valence electrons. The summed E-state index contributed by atoms with van der Waals surface area (Å²) in [5, 5.41) is 7.43. The lowest BCUT2D eigenvalue weighted by Gasteiger charge is -2.08. The Morgan fingerprint density at radius 2 is 1.62 bits per heavy atom. The first-order valence-electron chi connectivity index (χ1n) is 8.03. The van der Waals surface area contributed by atoms with Gasteiger partial charge in [-0.15, -0.1) is 0 Å². The molecule has 2 N–H and O–H groups in total. The highest BCUT2D eigenvalue weighted by Crippen LogP contribution is 2.33. The van der Waals surface area contributed by atoms with E-state index in [9.17, 15) is 0 Å². The number of hydrogen-bond acceptors (Lipinski definition) is 5. The molecule has 0 aliphatic carbocycles. The van der Waals surface area contributed by atoms with Crippen molar-refractivity contribution < 1.29 is 14.2 Å².